The van der Waals surface area contributed by atoms with Gasteiger partial charge in [0.25, 0.3) is 0 Å². The van der Waals surface area contributed by atoms with Crippen molar-refractivity contribution in [2.75, 3.05) is 19.5 Å². The largest absolute Gasteiger partial charge is 0.480 e. The van der Waals surface area contributed by atoms with Gasteiger partial charge >= 0.3 is 5.97 Å². The molecule has 0 saturated carbocycles. The maximum atomic E-state index is 11.0. The summed E-state index contributed by atoms with van der Waals surface area (Å²) in [5.74, 6) is -0.984. The summed E-state index contributed by atoms with van der Waals surface area (Å²) >= 11 is 0. The maximum Gasteiger partial charge on any atom is 0.317 e. The molecule has 0 aromatic heterocycles. The summed E-state index contributed by atoms with van der Waals surface area (Å²) in [5, 5.41) is 8.52. The number of carboxylic acids is 1. The molecule has 6 heteroatoms. The van der Waals surface area contributed by atoms with Crippen LogP contribution >= 0.6 is 7.37 Å². The molecule has 0 rings (SSSR count). The van der Waals surface area contributed by atoms with Crippen LogP contribution in [0.15, 0.2) is 0 Å². The summed E-state index contributed by atoms with van der Waals surface area (Å²) in [7, 11) is -3.17. The quantitative estimate of drug-likeness (QED) is 0.649. The fourth-order valence-corrected chi connectivity index (χ4v) is 2.01. The van der Waals surface area contributed by atoms with Crippen LogP contribution in [0.25, 0.3) is 0 Å². The van der Waals surface area contributed by atoms with Crippen molar-refractivity contribution < 1.29 is 19.4 Å². The van der Waals surface area contributed by atoms with Crippen molar-refractivity contribution in [3.63, 3.8) is 0 Å². The van der Waals surface area contributed by atoms with E-state index in [1.165, 1.54) is 11.6 Å². The average Bonchev–Trinajstić information content (AvgIpc) is 1.81. The first-order valence-electron chi connectivity index (χ1n) is 3.97. The van der Waals surface area contributed by atoms with Crippen molar-refractivity contribution >= 4 is 13.3 Å². The second kappa shape index (κ2) is 4.74. The lowest BCUT2D eigenvalue weighted by atomic mass is 10.3. The summed E-state index contributed by atoms with van der Waals surface area (Å²) in [6.45, 7) is 4.61. The Morgan fingerprint density at radius 2 is 2.00 bits per heavy atom. The van der Waals surface area contributed by atoms with Gasteiger partial charge in [0.1, 0.15) is 0 Å². The standard InChI is InChI=1S/C7H16NO4P/c1-6(2)8(4-7(9)10)5-13(3,11)12/h6H,4-5H2,1-3H3,(H,9,10)(H,11,12). The van der Waals surface area contributed by atoms with Crippen LogP contribution in [0.3, 0.4) is 0 Å². The first-order chi connectivity index (χ1) is 5.72. The van der Waals surface area contributed by atoms with Crippen LogP contribution in [0, 0.1) is 0 Å². The van der Waals surface area contributed by atoms with E-state index in [1.807, 2.05) is 0 Å². The van der Waals surface area contributed by atoms with Crippen molar-refractivity contribution in [1.29, 1.82) is 0 Å². The Morgan fingerprint density at radius 1 is 1.54 bits per heavy atom. The zero-order valence-electron chi connectivity index (χ0n) is 8.10. The third-order valence-electron chi connectivity index (χ3n) is 1.51. The number of carbonyl (C=O) groups is 1. The number of aliphatic carboxylic acids is 1. The fraction of sp³-hybridized carbons (Fsp3) is 0.857. The molecule has 0 aliphatic heterocycles. The number of hydrogen-bond acceptors (Lipinski definition) is 3. The van der Waals surface area contributed by atoms with Crippen molar-refractivity contribution in [3.05, 3.63) is 0 Å². The van der Waals surface area contributed by atoms with E-state index < -0.39 is 13.3 Å². The molecule has 0 aromatic rings. The van der Waals surface area contributed by atoms with Gasteiger partial charge in [-0.3, -0.25) is 14.3 Å². The van der Waals surface area contributed by atoms with E-state index in [0.717, 1.165) is 0 Å². The molecular formula is C7H16NO4P. The minimum absolute atomic E-state index is 0.0449. The van der Waals surface area contributed by atoms with E-state index in [1.54, 1.807) is 13.8 Å². The van der Waals surface area contributed by atoms with Crippen LogP contribution in [-0.4, -0.2) is 46.4 Å². The zero-order valence-corrected chi connectivity index (χ0v) is 8.99. The normalized spacial score (nSPS) is 16.2. The molecule has 2 N–H and O–H groups in total. The molecule has 0 radical (unpaired) electrons. The summed E-state index contributed by atoms with van der Waals surface area (Å²) in [5.41, 5.74) is 0. The number of hydrogen-bond donors (Lipinski definition) is 2. The van der Waals surface area contributed by atoms with Gasteiger partial charge in [-0.1, -0.05) is 0 Å². The number of rotatable bonds is 5. The van der Waals surface area contributed by atoms with Crippen LogP contribution in [0.5, 0.6) is 0 Å². The highest BCUT2D eigenvalue weighted by Crippen LogP contribution is 2.36. The molecule has 0 aliphatic rings. The Labute approximate surface area is 77.8 Å². The third-order valence-corrected chi connectivity index (χ3v) is 2.40. The SMILES string of the molecule is CC(C)N(CC(=O)O)CP(C)(=O)O. The number of carboxylic acid groups (broad SMARTS) is 1. The minimum Gasteiger partial charge on any atom is -0.480 e. The second-order valence-electron chi connectivity index (χ2n) is 3.43. The van der Waals surface area contributed by atoms with E-state index in [0.29, 0.717) is 0 Å². The van der Waals surface area contributed by atoms with Crippen molar-refractivity contribution in [1.82, 2.24) is 4.90 Å². The lowest BCUT2D eigenvalue weighted by Crippen LogP contribution is -2.36. The van der Waals surface area contributed by atoms with Gasteiger partial charge in [-0.2, -0.15) is 0 Å². The molecule has 1 unspecified atom stereocenters. The van der Waals surface area contributed by atoms with Crippen molar-refractivity contribution in [2.24, 2.45) is 0 Å². The summed E-state index contributed by atoms with van der Waals surface area (Å²) in [6.07, 6.45) is -0.0725. The Bertz CT molecular complexity index is 223. The molecule has 0 heterocycles. The summed E-state index contributed by atoms with van der Waals surface area (Å²) < 4.78 is 11.0. The average molecular weight is 209 g/mol. The highest BCUT2D eigenvalue weighted by Gasteiger charge is 2.20. The van der Waals surface area contributed by atoms with E-state index in [-0.39, 0.29) is 18.9 Å². The van der Waals surface area contributed by atoms with Crippen LogP contribution in [0.1, 0.15) is 13.8 Å². The maximum absolute atomic E-state index is 11.0. The Hall–Kier alpha value is -0.380. The van der Waals surface area contributed by atoms with Gasteiger partial charge in [0.05, 0.1) is 12.8 Å². The first-order valence-corrected chi connectivity index (χ1v) is 6.26. The van der Waals surface area contributed by atoms with Gasteiger partial charge < -0.3 is 10.00 Å². The van der Waals surface area contributed by atoms with Crippen LogP contribution in [-0.2, 0) is 9.36 Å². The molecular weight excluding hydrogens is 193 g/mol. The molecule has 0 spiro atoms. The van der Waals surface area contributed by atoms with E-state index in [2.05, 4.69) is 0 Å². The van der Waals surface area contributed by atoms with E-state index >= 15 is 0 Å². The zero-order chi connectivity index (χ0) is 10.6. The molecule has 0 saturated heterocycles. The van der Waals surface area contributed by atoms with Crippen LogP contribution in [0.2, 0.25) is 0 Å². The molecule has 78 valence electrons. The lowest BCUT2D eigenvalue weighted by Gasteiger charge is -2.25. The van der Waals surface area contributed by atoms with E-state index in [4.69, 9.17) is 10.00 Å². The van der Waals surface area contributed by atoms with E-state index in [9.17, 15) is 9.36 Å². The smallest absolute Gasteiger partial charge is 0.317 e. The Kier molecular flexibility index (Phi) is 4.61. The molecule has 0 amide bonds. The second-order valence-corrected chi connectivity index (χ2v) is 5.81. The molecule has 0 bridgehead atoms. The molecule has 5 nitrogen and oxygen atoms in total. The Morgan fingerprint density at radius 3 is 2.23 bits per heavy atom. The van der Waals surface area contributed by atoms with Gasteiger partial charge in [0.2, 0.25) is 7.37 Å². The summed E-state index contributed by atoms with van der Waals surface area (Å²) in [4.78, 5) is 20.9. The molecule has 0 aromatic carbocycles. The lowest BCUT2D eigenvalue weighted by molar-refractivity contribution is -0.138. The van der Waals surface area contributed by atoms with Gasteiger partial charge in [-0.05, 0) is 13.8 Å². The molecule has 1 atom stereocenters. The monoisotopic (exact) mass is 209 g/mol. The van der Waals surface area contributed by atoms with Gasteiger partial charge in [0, 0.05) is 12.7 Å². The minimum atomic E-state index is -3.17. The third kappa shape index (κ3) is 6.75. The van der Waals surface area contributed by atoms with Crippen molar-refractivity contribution in [2.45, 2.75) is 19.9 Å². The molecule has 0 aliphatic carbocycles. The predicted molar refractivity (Wildman–Crippen MR) is 50.1 cm³/mol. The molecule has 0 fully saturated rings. The Balaban J connectivity index is 4.27. The molecule has 13 heavy (non-hydrogen) atoms. The van der Waals surface area contributed by atoms with Gasteiger partial charge in [-0.15, -0.1) is 0 Å². The van der Waals surface area contributed by atoms with Gasteiger partial charge in [-0.25, -0.2) is 0 Å². The van der Waals surface area contributed by atoms with Crippen LogP contribution < -0.4 is 0 Å². The topological polar surface area (TPSA) is 77.8 Å². The van der Waals surface area contributed by atoms with Gasteiger partial charge in [0.15, 0.2) is 0 Å². The first kappa shape index (κ1) is 12.6. The fourth-order valence-electron chi connectivity index (χ4n) is 0.907. The highest BCUT2D eigenvalue weighted by atomic mass is 31.2. The van der Waals surface area contributed by atoms with Crippen molar-refractivity contribution in [3.8, 4) is 0 Å². The highest BCUT2D eigenvalue weighted by molar-refractivity contribution is 7.57. The summed E-state index contributed by atoms with van der Waals surface area (Å²) in [6, 6.07) is -0.0449. The predicted octanol–water partition coefficient (Wildman–Crippen LogP) is 0.639. The number of nitrogens with zero attached hydrogens (tertiary/aromatic N) is 1. The van der Waals surface area contributed by atoms with Crippen LogP contribution in [0.4, 0.5) is 0 Å².